The van der Waals surface area contributed by atoms with E-state index >= 15 is 0 Å². The van der Waals surface area contributed by atoms with E-state index < -0.39 is 5.97 Å². The van der Waals surface area contributed by atoms with Gasteiger partial charge in [-0.3, -0.25) is 4.98 Å². The Morgan fingerprint density at radius 3 is 3.00 bits per heavy atom. The number of pyridine rings is 1. The molecule has 0 fully saturated rings. The highest BCUT2D eigenvalue weighted by molar-refractivity contribution is 9.10. The van der Waals surface area contributed by atoms with Gasteiger partial charge in [-0.25, -0.2) is 4.79 Å². The first kappa shape index (κ1) is 13.6. The molecule has 1 N–H and O–H groups in total. The van der Waals surface area contributed by atoms with Crippen molar-refractivity contribution in [3.05, 3.63) is 39.5 Å². The van der Waals surface area contributed by atoms with Crippen molar-refractivity contribution in [1.82, 2.24) is 4.98 Å². The number of benzene rings is 1. The van der Waals surface area contributed by atoms with Crippen molar-refractivity contribution in [2.45, 2.75) is 38.5 Å². The minimum Gasteiger partial charge on any atom is -0.478 e. The molecule has 2 aromatic rings. The molecule has 1 aromatic carbocycles. The number of hydrogen-bond donors (Lipinski definition) is 1. The van der Waals surface area contributed by atoms with E-state index in [1.54, 1.807) is 0 Å². The minimum atomic E-state index is -0.850. The molecule has 3 rings (SSSR count). The Labute approximate surface area is 126 Å². The molecule has 1 aliphatic rings. The highest BCUT2D eigenvalue weighted by Gasteiger charge is 2.27. The Hall–Kier alpha value is -1.42. The lowest BCUT2D eigenvalue weighted by Crippen LogP contribution is -2.17. The standard InChI is InChI=1S/C16H16BrNO2/c1-2-9-5-3-6-10-13(16(19)20)14-11(17)7-4-8-12(14)18-15(9)10/h4,7-9H,2-3,5-6H2,1H3,(H,19,20). The first-order chi connectivity index (χ1) is 9.63. The van der Waals surface area contributed by atoms with Gasteiger partial charge in [0.15, 0.2) is 0 Å². The van der Waals surface area contributed by atoms with Crippen LogP contribution >= 0.6 is 15.9 Å². The highest BCUT2D eigenvalue weighted by atomic mass is 79.9. The third-order valence-electron chi connectivity index (χ3n) is 4.17. The summed E-state index contributed by atoms with van der Waals surface area (Å²) in [5.41, 5.74) is 3.16. The van der Waals surface area contributed by atoms with Gasteiger partial charge >= 0.3 is 5.97 Å². The molecule has 1 aliphatic carbocycles. The normalized spacial score (nSPS) is 18.0. The summed E-state index contributed by atoms with van der Waals surface area (Å²) in [6, 6.07) is 5.68. The Morgan fingerprint density at radius 1 is 1.50 bits per heavy atom. The van der Waals surface area contributed by atoms with E-state index in [-0.39, 0.29) is 0 Å². The smallest absolute Gasteiger partial charge is 0.336 e. The Bertz CT molecular complexity index is 696. The summed E-state index contributed by atoms with van der Waals surface area (Å²) in [7, 11) is 0. The van der Waals surface area contributed by atoms with E-state index in [0.29, 0.717) is 11.5 Å². The Balaban J connectivity index is 2.42. The fourth-order valence-electron chi connectivity index (χ4n) is 3.22. The molecule has 0 saturated heterocycles. The molecule has 1 aromatic heterocycles. The van der Waals surface area contributed by atoms with E-state index in [1.165, 1.54) is 0 Å². The maximum absolute atomic E-state index is 11.8. The van der Waals surface area contributed by atoms with Crippen molar-refractivity contribution in [3.63, 3.8) is 0 Å². The van der Waals surface area contributed by atoms with Crippen molar-refractivity contribution in [3.8, 4) is 0 Å². The quantitative estimate of drug-likeness (QED) is 0.878. The van der Waals surface area contributed by atoms with Crippen LogP contribution in [0.3, 0.4) is 0 Å². The lowest BCUT2D eigenvalue weighted by Gasteiger charge is -2.26. The lowest BCUT2D eigenvalue weighted by atomic mass is 9.82. The van der Waals surface area contributed by atoms with Crippen molar-refractivity contribution in [1.29, 1.82) is 0 Å². The molecular weight excluding hydrogens is 318 g/mol. The molecule has 1 unspecified atom stereocenters. The molecule has 0 saturated carbocycles. The summed E-state index contributed by atoms with van der Waals surface area (Å²) in [6.45, 7) is 2.15. The third kappa shape index (κ3) is 2.03. The van der Waals surface area contributed by atoms with Crippen LogP contribution in [0.1, 0.15) is 53.7 Å². The summed E-state index contributed by atoms with van der Waals surface area (Å²) in [5, 5.41) is 10.4. The number of halogens is 1. The molecular formula is C16H16BrNO2. The fraction of sp³-hybridized carbons (Fsp3) is 0.375. The van der Waals surface area contributed by atoms with E-state index in [1.807, 2.05) is 18.2 Å². The van der Waals surface area contributed by atoms with Gasteiger partial charge in [0.2, 0.25) is 0 Å². The van der Waals surface area contributed by atoms with Gasteiger partial charge in [-0.05, 0) is 43.4 Å². The third-order valence-corrected chi connectivity index (χ3v) is 4.83. The van der Waals surface area contributed by atoms with Gasteiger partial charge in [-0.1, -0.05) is 28.9 Å². The van der Waals surface area contributed by atoms with Crippen LogP contribution < -0.4 is 0 Å². The molecule has 20 heavy (non-hydrogen) atoms. The van der Waals surface area contributed by atoms with Crippen molar-refractivity contribution in [2.75, 3.05) is 0 Å². The number of rotatable bonds is 2. The van der Waals surface area contributed by atoms with Crippen LogP contribution in [-0.2, 0) is 6.42 Å². The zero-order valence-corrected chi connectivity index (χ0v) is 12.9. The molecule has 4 heteroatoms. The van der Waals surface area contributed by atoms with Gasteiger partial charge in [0.1, 0.15) is 0 Å². The van der Waals surface area contributed by atoms with Crippen molar-refractivity contribution in [2.24, 2.45) is 0 Å². The van der Waals surface area contributed by atoms with Gasteiger partial charge in [0, 0.05) is 21.5 Å². The fourth-order valence-corrected chi connectivity index (χ4v) is 3.77. The lowest BCUT2D eigenvalue weighted by molar-refractivity contribution is 0.0697. The average Bonchev–Trinajstić information content (AvgIpc) is 2.44. The predicted octanol–water partition coefficient (Wildman–Crippen LogP) is 4.53. The zero-order chi connectivity index (χ0) is 14.3. The molecule has 1 heterocycles. The summed E-state index contributed by atoms with van der Waals surface area (Å²) in [4.78, 5) is 16.6. The van der Waals surface area contributed by atoms with E-state index in [4.69, 9.17) is 4.98 Å². The van der Waals surface area contributed by atoms with Gasteiger partial charge in [0.05, 0.1) is 11.1 Å². The number of carbonyl (C=O) groups is 1. The van der Waals surface area contributed by atoms with Crippen LogP contribution in [0.5, 0.6) is 0 Å². The topological polar surface area (TPSA) is 50.2 Å². The second-order valence-corrected chi connectivity index (χ2v) is 6.14. The SMILES string of the molecule is CCC1CCCc2c1nc1cccc(Br)c1c2C(=O)O. The van der Waals surface area contributed by atoms with Gasteiger partial charge in [-0.2, -0.15) is 0 Å². The molecule has 1 atom stereocenters. The van der Waals surface area contributed by atoms with Crippen LogP contribution in [0, 0.1) is 0 Å². The molecule has 0 aliphatic heterocycles. The number of hydrogen-bond acceptors (Lipinski definition) is 2. The predicted molar refractivity (Wildman–Crippen MR) is 82.4 cm³/mol. The van der Waals surface area contributed by atoms with Crippen LogP contribution in [0.25, 0.3) is 10.9 Å². The largest absolute Gasteiger partial charge is 0.478 e. The molecule has 0 radical (unpaired) electrons. The Kier molecular flexibility index (Phi) is 3.50. The second kappa shape index (κ2) is 5.17. The van der Waals surface area contributed by atoms with Gasteiger partial charge in [-0.15, -0.1) is 0 Å². The number of aromatic nitrogens is 1. The highest BCUT2D eigenvalue weighted by Crippen LogP contribution is 2.38. The maximum Gasteiger partial charge on any atom is 0.336 e. The summed E-state index contributed by atoms with van der Waals surface area (Å²) < 4.78 is 0.807. The van der Waals surface area contributed by atoms with E-state index in [2.05, 4.69) is 22.9 Å². The second-order valence-electron chi connectivity index (χ2n) is 5.29. The Morgan fingerprint density at radius 2 is 2.30 bits per heavy atom. The van der Waals surface area contributed by atoms with Crippen molar-refractivity contribution < 1.29 is 9.90 Å². The average molecular weight is 334 g/mol. The minimum absolute atomic E-state index is 0.389. The van der Waals surface area contributed by atoms with Crippen molar-refractivity contribution >= 4 is 32.8 Å². The number of carboxylic acid groups (broad SMARTS) is 1. The number of aromatic carboxylic acids is 1. The van der Waals surface area contributed by atoms with Crippen LogP contribution in [0.15, 0.2) is 22.7 Å². The van der Waals surface area contributed by atoms with E-state index in [9.17, 15) is 9.90 Å². The van der Waals surface area contributed by atoms with Crippen LogP contribution in [-0.4, -0.2) is 16.1 Å². The molecule has 104 valence electrons. The van der Waals surface area contributed by atoms with E-state index in [0.717, 1.165) is 52.3 Å². The monoisotopic (exact) mass is 333 g/mol. The summed E-state index contributed by atoms with van der Waals surface area (Å²) in [5.74, 6) is -0.461. The first-order valence-electron chi connectivity index (χ1n) is 6.97. The summed E-state index contributed by atoms with van der Waals surface area (Å²) in [6.07, 6.45) is 3.98. The molecule has 0 spiro atoms. The number of carboxylic acids is 1. The number of fused-ring (bicyclic) bond motifs is 2. The van der Waals surface area contributed by atoms with Gasteiger partial charge in [0.25, 0.3) is 0 Å². The molecule has 0 amide bonds. The number of nitrogens with zero attached hydrogens (tertiary/aromatic N) is 1. The van der Waals surface area contributed by atoms with Crippen LogP contribution in [0.2, 0.25) is 0 Å². The molecule has 0 bridgehead atoms. The first-order valence-corrected chi connectivity index (χ1v) is 7.77. The maximum atomic E-state index is 11.8. The van der Waals surface area contributed by atoms with Crippen LogP contribution in [0.4, 0.5) is 0 Å². The zero-order valence-electron chi connectivity index (χ0n) is 11.3. The van der Waals surface area contributed by atoms with Gasteiger partial charge < -0.3 is 5.11 Å². The summed E-state index contributed by atoms with van der Waals surface area (Å²) >= 11 is 3.47. The molecule has 3 nitrogen and oxygen atoms in total.